The first-order valence-corrected chi connectivity index (χ1v) is 6.37. The van der Waals surface area contributed by atoms with E-state index in [4.69, 9.17) is 0 Å². The third-order valence-corrected chi connectivity index (χ3v) is 3.10. The van der Waals surface area contributed by atoms with E-state index in [-0.39, 0.29) is 5.78 Å². The van der Waals surface area contributed by atoms with Crippen LogP contribution in [0, 0.1) is 0 Å². The average Bonchev–Trinajstić information content (AvgIpc) is 2.76. The maximum atomic E-state index is 11.2. The summed E-state index contributed by atoms with van der Waals surface area (Å²) in [6.07, 6.45) is 3.86. The molecule has 0 aliphatic heterocycles. The molecule has 0 saturated carbocycles. The molecular weight excluding hydrogens is 252 g/mol. The Hall–Kier alpha value is -2.56. The number of aromatic nitrogens is 4. The van der Waals surface area contributed by atoms with Crippen LogP contribution in [0.1, 0.15) is 12.5 Å². The van der Waals surface area contributed by atoms with Gasteiger partial charge in [0.05, 0.1) is 5.69 Å². The highest BCUT2D eigenvalue weighted by molar-refractivity contribution is 5.91. The van der Waals surface area contributed by atoms with Crippen molar-refractivity contribution in [3.8, 4) is 11.4 Å². The largest absolute Gasteiger partial charge is 0.300 e. The first-order valence-electron chi connectivity index (χ1n) is 6.37. The molecule has 3 heterocycles. The summed E-state index contributed by atoms with van der Waals surface area (Å²) in [7, 11) is 1.85. The minimum Gasteiger partial charge on any atom is -0.300 e. The third-order valence-electron chi connectivity index (χ3n) is 3.10. The molecule has 0 fully saturated rings. The molecule has 3 rings (SSSR count). The van der Waals surface area contributed by atoms with Crippen LogP contribution in [-0.2, 0) is 18.3 Å². The lowest BCUT2D eigenvalue weighted by Crippen LogP contribution is -1.97. The fourth-order valence-corrected chi connectivity index (χ4v) is 2.26. The van der Waals surface area contributed by atoms with Gasteiger partial charge in [0.25, 0.3) is 0 Å². The van der Waals surface area contributed by atoms with Gasteiger partial charge in [-0.25, -0.2) is 9.67 Å². The number of carbonyl (C=O) groups is 1. The van der Waals surface area contributed by atoms with Crippen molar-refractivity contribution in [1.82, 2.24) is 19.7 Å². The maximum absolute atomic E-state index is 11.2. The molecule has 0 atom stereocenters. The van der Waals surface area contributed by atoms with Crippen molar-refractivity contribution in [1.29, 1.82) is 0 Å². The van der Waals surface area contributed by atoms with Crippen LogP contribution in [0.5, 0.6) is 0 Å². The van der Waals surface area contributed by atoms with Gasteiger partial charge in [-0.2, -0.15) is 5.10 Å². The van der Waals surface area contributed by atoms with Crippen LogP contribution in [0.4, 0.5) is 0 Å². The topological polar surface area (TPSA) is 60.7 Å². The third kappa shape index (κ3) is 2.18. The summed E-state index contributed by atoms with van der Waals surface area (Å²) in [6, 6.07) is 7.68. The lowest BCUT2D eigenvalue weighted by atomic mass is 10.1. The Kier molecular flexibility index (Phi) is 3.02. The molecular formula is C15H14N4O. The molecule has 3 aromatic rings. The molecule has 0 saturated heterocycles. The number of Topliss-reactive ketones (excluding diaryl/α,β-unsaturated/α-hetero) is 1. The quantitative estimate of drug-likeness (QED) is 0.729. The lowest BCUT2D eigenvalue weighted by molar-refractivity contribution is -0.116. The van der Waals surface area contributed by atoms with Gasteiger partial charge in [-0.1, -0.05) is 6.07 Å². The van der Waals surface area contributed by atoms with E-state index in [1.807, 2.05) is 31.3 Å². The van der Waals surface area contributed by atoms with Crippen LogP contribution in [0.2, 0.25) is 0 Å². The lowest BCUT2D eigenvalue weighted by Gasteiger charge is -1.99. The number of ketones is 1. The van der Waals surface area contributed by atoms with Gasteiger partial charge >= 0.3 is 0 Å². The predicted octanol–water partition coefficient (Wildman–Crippen LogP) is 2.16. The first-order chi connectivity index (χ1) is 9.65. The number of hydrogen-bond donors (Lipinski definition) is 0. The predicted molar refractivity (Wildman–Crippen MR) is 76.1 cm³/mol. The summed E-state index contributed by atoms with van der Waals surface area (Å²) in [6.45, 7) is 1.58. The summed E-state index contributed by atoms with van der Waals surface area (Å²) in [4.78, 5) is 20.0. The Morgan fingerprint density at radius 3 is 2.85 bits per heavy atom. The summed E-state index contributed by atoms with van der Waals surface area (Å²) in [5, 5.41) is 5.41. The molecule has 0 bridgehead atoms. The monoisotopic (exact) mass is 266 g/mol. The van der Waals surface area contributed by atoms with E-state index in [0.717, 1.165) is 28.0 Å². The van der Waals surface area contributed by atoms with Gasteiger partial charge in [0.1, 0.15) is 11.5 Å². The van der Waals surface area contributed by atoms with Gasteiger partial charge in [-0.3, -0.25) is 9.78 Å². The Labute approximate surface area is 116 Å². The molecule has 0 unspecified atom stereocenters. The van der Waals surface area contributed by atoms with Crippen molar-refractivity contribution in [2.24, 2.45) is 7.05 Å². The zero-order valence-corrected chi connectivity index (χ0v) is 11.4. The second kappa shape index (κ2) is 4.85. The van der Waals surface area contributed by atoms with Crippen molar-refractivity contribution < 1.29 is 4.79 Å². The summed E-state index contributed by atoms with van der Waals surface area (Å²) in [5.41, 5.74) is 3.29. The zero-order valence-electron chi connectivity index (χ0n) is 11.4. The molecule has 100 valence electrons. The van der Waals surface area contributed by atoms with Crippen molar-refractivity contribution in [2.45, 2.75) is 13.3 Å². The van der Waals surface area contributed by atoms with Crippen LogP contribution in [0.3, 0.4) is 0 Å². The zero-order chi connectivity index (χ0) is 14.1. The molecule has 20 heavy (non-hydrogen) atoms. The van der Waals surface area contributed by atoms with Crippen molar-refractivity contribution >= 4 is 16.8 Å². The van der Waals surface area contributed by atoms with Crippen LogP contribution in [0.15, 0.2) is 36.7 Å². The average molecular weight is 266 g/mol. The number of aryl methyl sites for hydroxylation is 1. The van der Waals surface area contributed by atoms with E-state index in [2.05, 4.69) is 15.1 Å². The van der Waals surface area contributed by atoms with Gasteiger partial charge in [0, 0.05) is 31.2 Å². The van der Waals surface area contributed by atoms with E-state index in [0.29, 0.717) is 6.42 Å². The molecule has 0 spiro atoms. The van der Waals surface area contributed by atoms with Crippen LogP contribution < -0.4 is 0 Å². The van der Waals surface area contributed by atoms with E-state index in [1.54, 1.807) is 24.0 Å². The Bertz CT molecular complexity index is 777. The molecule has 0 N–H and O–H groups in total. The van der Waals surface area contributed by atoms with Crippen LogP contribution in [0.25, 0.3) is 22.4 Å². The van der Waals surface area contributed by atoms with Crippen molar-refractivity contribution in [3.63, 3.8) is 0 Å². The fraction of sp³-hybridized carbons (Fsp3) is 0.200. The molecule has 0 amide bonds. The van der Waals surface area contributed by atoms with Gasteiger partial charge in [0.2, 0.25) is 0 Å². The number of pyridine rings is 2. The highest BCUT2D eigenvalue weighted by Crippen LogP contribution is 2.25. The van der Waals surface area contributed by atoms with Crippen molar-refractivity contribution in [2.75, 3.05) is 0 Å². The summed E-state index contributed by atoms with van der Waals surface area (Å²) < 4.78 is 1.73. The van der Waals surface area contributed by atoms with E-state index in [9.17, 15) is 4.79 Å². The molecule has 5 heteroatoms. The fourth-order valence-electron chi connectivity index (χ4n) is 2.26. The molecule has 0 aromatic carbocycles. The molecule has 5 nitrogen and oxygen atoms in total. The summed E-state index contributed by atoms with van der Waals surface area (Å²) in [5.74, 6) is 0.120. The minimum atomic E-state index is 0.120. The van der Waals surface area contributed by atoms with Gasteiger partial charge in [-0.05, 0) is 30.7 Å². The molecule has 3 aromatic heterocycles. The van der Waals surface area contributed by atoms with E-state index < -0.39 is 0 Å². The van der Waals surface area contributed by atoms with Crippen molar-refractivity contribution in [3.05, 3.63) is 42.2 Å². The Morgan fingerprint density at radius 2 is 2.15 bits per heavy atom. The maximum Gasteiger partial charge on any atom is 0.158 e. The van der Waals surface area contributed by atoms with Crippen LogP contribution in [-0.4, -0.2) is 25.5 Å². The highest BCUT2D eigenvalue weighted by Gasteiger charge is 2.13. The number of nitrogens with zero attached hydrogens (tertiary/aromatic N) is 4. The second-order valence-corrected chi connectivity index (χ2v) is 4.78. The van der Waals surface area contributed by atoms with Gasteiger partial charge < -0.3 is 0 Å². The molecule has 0 radical (unpaired) electrons. The Balaban J connectivity index is 2.19. The SMILES string of the molecule is CC(=O)Cc1cnc2c(c1)c(-c1ccccn1)nn2C. The second-order valence-electron chi connectivity index (χ2n) is 4.78. The number of rotatable bonds is 3. The molecule has 0 aliphatic carbocycles. The normalized spacial score (nSPS) is 10.9. The Morgan fingerprint density at radius 1 is 1.30 bits per heavy atom. The smallest absolute Gasteiger partial charge is 0.158 e. The number of hydrogen-bond acceptors (Lipinski definition) is 4. The summed E-state index contributed by atoms with van der Waals surface area (Å²) >= 11 is 0. The van der Waals surface area contributed by atoms with Gasteiger partial charge in [0.15, 0.2) is 5.65 Å². The minimum absolute atomic E-state index is 0.120. The highest BCUT2D eigenvalue weighted by atomic mass is 16.1. The number of fused-ring (bicyclic) bond motifs is 1. The van der Waals surface area contributed by atoms with E-state index >= 15 is 0 Å². The van der Waals surface area contributed by atoms with E-state index in [1.165, 1.54) is 0 Å². The first kappa shape index (κ1) is 12.5. The number of carbonyl (C=O) groups excluding carboxylic acids is 1. The molecule has 0 aliphatic rings. The standard InChI is InChI=1S/C15H14N4O/c1-10(20)7-11-8-12-14(13-5-3-4-6-16-13)18-19(2)15(12)17-9-11/h3-6,8-9H,7H2,1-2H3. The van der Waals surface area contributed by atoms with Gasteiger partial charge in [-0.15, -0.1) is 0 Å². The van der Waals surface area contributed by atoms with Crippen LogP contribution >= 0.6 is 0 Å².